The zero-order valence-electron chi connectivity index (χ0n) is 18.3. The van der Waals surface area contributed by atoms with Crippen LogP contribution in [0.15, 0.2) is 48.5 Å². The molecule has 0 heterocycles. The van der Waals surface area contributed by atoms with Gasteiger partial charge in [0.2, 0.25) is 0 Å². The highest BCUT2D eigenvalue weighted by atomic mass is 28.3. The average molecular weight is 401 g/mol. The third kappa shape index (κ3) is 4.99. The number of methoxy groups -OCH3 is 2. The zero-order valence-corrected chi connectivity index (χ0v) is 20.3. The van der Waals surface area contributed by atoms with Crippen LogP contribution in [0.3, 0.4) is 0 Å². The van der Waals surface area contributed by atoms with E-state index in [9.17, 15) is 0 Å². The zero-order chi connectivity index (χ0) is 20.3. The van der Waals surface area contributed by atoms with Crippen LogP contribution in [0.1, 0.15) is 11.1 Å². The van der Waals surface area contributed by atoms with Gasteiger partial charge in [-0.1, -0.05) is 98.2 Å². The van der Waals surface area contributed by atoms with Gasteiger partial charge in [-0.25, -0.2) is 0 Å². The average Bonchev–Trinajstić information content (AvgIpc) is 2.60. The molecule has 0 saturated carbocycles. The Morgan fingerprint density at radius 2 is 0.889 bits per heavy atom. The maximum absolute atomic E-state index is 5.70. The van der Waals surface area contributed by atoms with Crippen molar-refractivity contribution in [2.45, 2.75) is 44.7 Å². The molecule has 0 aliphatic carbocycles. The van der Waals surface area contributed by atoms with Crippen molar-refractivity contribution >= 4 is 26.5 Å². The lowest BCUT2D eigenvalue weighted by molar-refractivity contribution is 0.0794. The second-order valence-corrected chi connectivity index (χ2v) is 19.8. The molecular weight excluding hydrogens is 364 g/mol. The van der Waals surface area contributed by atoms with Crippen LogP contribution in [0.2, 0.25) is 39.3 Å². The molecule has 0 N–H and O–H groups in total. The van der Waals surface area contributed by atoms with Gasteiger partial charge in [0.15, 0.2) is 0 Å². The van der Waals surface area contributed by atoms with E-state index in [-0.39, 0.29) is 5.41 Å². The van der Waals surface area contributed by atoms with Gasteiger partial charge in [0.05, 0.1) is 34.8 Å². The number of rotatable bonds is 8. The van der Waals surface area contributed by atoms with Crippen molar-refractivity contribution in [2.24, 2.45) is 0 Å². The Kier molecular flexibility index (Phi) is 6.90. The summed E-state index contributed by atoms with van der Waals surface area (Å²) in [5, 5.41) is 2.95. The second kappa shape index (κ2) is 8.43. The third-order valence-corrected chi connectivity index (χ3v) is 9.52. The van der Waals surface area contributed by atoms with E-state index in [1.54, 1.807) is 14.2 Å². The van der Waals surface area contributed by atoms with Crippen molar-refractivity contribution in [3.63, 3.8) is 0 Å². The van der Waals surface area contributed by atoms with Gasteiger partial charge in [-0.3, -0.25) is 0 Å². The van der Waals surface area contributed by atoms with Crippen molar-refractivity contribution in [1.29, 1.82) is 0 Å². The summed E-state index contributed by atoms with van der Waals surface area (Å²) in [5.74, 6) is 0. The summed E-state index contributed by atoms with van der Waals surface area (Å²) >= 11 is 0. The minimum Gasteiger partial charge on any atom is -0.383 e. The molecule has 0 aliphatic rings. The molecule has 2 aromatic carbocycles. The van der Waals surface area contributed by atoms with Gasteiger partial charge in [-0.05, 0) is 11.1 Å². The summed E-state index contributed by atoms with van der Waals surface area (Å²) in [4.78, 5) is 0. The van der Waals surface area contributed by atoms with E-state index in [0.29, 0.717) is 13.2 Å². The quantitative estimate of drug-likeness (QED) is 0.613. The minimum atomic E-state index is -1.32. The maximum atomic E-state index is 5.70. The van der Waals surface area contributed by atoms with Gasteiger partial charge < -0.3 is 9.47 Å². The number of benzene rings is 2. The third-order valence-electron chi connectivity index (χ3n) is 5.39. The Bertz CT molecular complexity index is 657. The van der Waals surface area contributed by atoms with Crippen LogP contribution in [0.5, 0.6) is 0 Å². The van der Waals surface area contributed by atoms with Gasteiger partial charge in [0.1, 0.15) is 0 Å². The molecule has 4 heteroatoms. The molecule has 2 aromatic rings. The van der Waals surface area contributed by atoms with Gasteiger partial charge in [0.25, 0.3) is 0 Å². The van der Waals surface area contributed by atoms with Crippen LogP contribution in [-0.2, 0) is 14.9 Å². The molecule has 0 radical (unpaired) electrons. The van der Waals surface area contributed by atoms with E-state index in [1.165, 1.54) is 21.5 Å². The molecule has 27 heavy (non-hydrogen) atoms. The topological polar surface area (TPSA) is 18.5 Å². The molecule has 0 atom stereocenters. The molecular formula is C23H36O2Si2. The summed E-state index contributed by atoms with van der Waals surface area (Å²) in [7, 11) is 0.914. The first-order chi connectivity index (χ1) is 12.5. The predicted octanol–water partition coefficient (Wildman–Crippen LogP) is 4.36. The van der Waals surface area contributed by atoms with E-state index in [2.05, 4.69) is 87.8 Å². The summed E-state index contributed by atoms with van der Waals surface area (Å²) in [6.07, 6.45) is 0. The Hall–Kier alpha value is -1.21. The maximum Gasteiger partial charge on any atom is 0.0775 e. The van der Waals surface area contributed by atoms with Crippen LogP contribution in [0.25, 0.3) is 0 Å². The van der Waals surface area contributed by atoms with E-state index in [1.807, 2.05) is 0 Å². The SMILES string of the molecule is COCC(COC)(c1ccc([Si](C)(C)C)cc1)c1ccc([Si](C)(C)C)cc1. The monoisotopic (exact) mass is 400 g/mol. The predicted molar refractivity (Wildman–Crippen MR) is 123 cm³/mol. The standard InChI is InChI=1S/C23H36O2Si2/c1-24-17-23(18-25-2,19-9-13-21(14-10-19)26(3,4)5)20-11-15-22(16-12-20)27(6,7)8/h9-16H,17-18H2,1-8H3. The van der Waals surface area contributed by atoms with Gasteiger partial charge in [0, 0.05) is 14.2 Å². The minimum absolute atomic E-state index is 0.292. The largest absolute Gasteiger partial charge is 0.383 e. The lowest BCUT2D eigenvalue weighted by Crippen LogP contribution is -2.41. The molecule has 0 bridgehead atoms. The summed E-state index contributed by atoms with van der Waals surface area (Å²) < 4.78 is 11.4. The molecule has 0 fully saturated rings. The van der Waals surface area contributed by atoms with Crippen LogP contribution in [0, 0.1) is 0 Å². The van der Waals surface area contributed by atoms with Crippen molar-refractivity contribution in [3.8, 4) is 0 Å². The first-order valence-corrected chi connectivity index (χ1v) is 16.7. The molecule has 0 unspecified atom stereocenters. The highest BCUT2D eigenvalue weighted by Gasteiger charge is 2.35. The number of hydrogen-bond donors (Lipinski definition) is 0. The molecule has 0 spiro atoms. The summed E-state index contributed by atoms with van der Waals surface area (Å²) in [6.45, 7) is 15.5. The van der Waals surface area contributed by atoms with Gasteiger partial charge >= 0.3 is 0 Å². The number of hydrogen-bond acceptors (Lipinski definition) is 2. The molecule has 0 amide bonds. The molecule has 0 aliphatic heterocycles. The lowest BCUT2D eigenvalue weighted by Gasteiger charge is -2.34. The van der Waals surface area contributed by atoms with Crippen molar-refractivity contribution in [3.05, 3.63) is 59.7 Å². The Morgan fingerprint density at radius 1 is 0.593 bits per heavy atom. The molecule has 2 rings (SSSR count). The highest BCUT2D eigenvalue weighted by molar-refractivity contribution is 6.89. The Balaban J connectivity index is 2.55. The molecule has 0 aromatic heterocycles. The Labute approximate surface area is 167 Å². The highest BCUT2D eigenvalue weighted by Crippen LogP contribution is 2.33. The van der Waals surface area contributed by atoms with E-state index in [0.717, 1.165) is 0 Å². The first-order valence-electron chi connectivity index (χ1n) is 9.74. The lowest BCUT2D eigenvalue weighted by atomic mass is 9.75. The fraction of sp³-hybridized carbons (Fsp3) is 0.478. The number of ether oxygens (including phenoxy) is 2. The molecule has 0 saturated heterocycles. The fourth-order valence-corrected chi connectivity index (χ4v) is 5.95. The summed E-state index contributed by atoms with van der Waals surface area (Å²) in [6, 6.07) is 18.3. The molecule has 2 nitrogen and oxygen atoms in total. The summed E-state index contributed by atoms with van der Waals surface area (Å²) in [5.41, 5.74) is 2.22. The van der Waals surface area contributed by atoms with E-state index in [4.69, 9.17) is 9.47 Å². The second-order valence-electron chi connectivity index (χ2n) is 9.60. The van der Waals surface area contributed by atoms with Crippen molar-refractivity contribution in [1.82, 2.24) is 0 Å². The first kappa shape index (κ1) is 22.1. The van der Waals surface area contributed by atoms with Crippen LogP contribution in [-0.4, -0.2) is 43.6 Å². The smallest absolute Gasteiger partial charge is 0.0775 e. The van der Waals surface area contributed by atoms with Gasteiger partial charge in [-0.15, -0.1) is 0 Å². The van der Waals surface area contributed by atoms with Crippen LogP contribution < -0.4 is 10.4 Å². The van der Waals surface area contributed by atoms with Gasteiger partial charge in [-0.2, -0.15) is 0 Å². The van der Waals surface area contributed by atoms with Crippen LogP contribution >= 0.6 is 0 Å². The van der Waals surface area contributed by atoms with E-state index < -0.39 is 16.1 Å². The fourth-order valence-electron chi connectivity index (χ4n) is 3.61. The van der Waals surface area contributed by atoms with Crippen molar-refractivity contribution in [2.75, 3.05) is 27.4 Å². The van der Waals surface area contributed by atoms with Crippen LogP contribution in [0.4, 0.5) is 0 Å². The Morgan fingerprint density at radius 3 is 1.11 bits per heavy atom. The normalized spacial score (nSPS) is 13.0. The van der Waals surface area contributed by atoms with Crippen molar-refractivity contribution < 1.29 is 9.47 Å². The molecule has 148 valence electrons. The van der Waals surface area contributed by atoms with E-state index >= 15 is 0 Å².